The van der Waals surface area contributed by atoms with Crippen LogP contribution in [0, 0.1) is 17.2 Å². The summed E-state index contributed by atoms with van der Waals surface area (Å²) in [5.41, 5.74) is 2.32. The minimum atomic E-state index is -4.56. The first-order valence-electron chi connectivity index (χ1n) is 13.2. The Morgan fingerprint density at radius 1 is 1.15 bits per heavy atom. The molecule has 1 fully saturated rings. The number of benzene rings is 2. The van der Waals surface area contributed by atoms with Crippen molar-refractivity contribution >= 4 is 58.7 Å². The summed E-state index contributed by atoms with van der Waals surface area (Å²) in [5, 5.41) is 9.42. The lowest BCUT2D eigenvalue weighted by molar-refractivity contribution is -0.159. The van der Waals surface area contributed by atoms with E-state index in [1.54, 1.807) is 36.4 Å². The molecule has 1 saturated heterocycles. The fourth-order valence-electron chi connectivity index (χ4n) is 4.72. The van der Waals surface area contributed by atoms with Crippen molar-refractivity contribution < 1.29 is 22.8 Å². The number of allylic oxidation sites excluding steroid dienone is 3. The van der Waals surface area contributed by atoms with Crippen LogP contribution in [0.4, 0.5) is 24.5 Å². The van der Waals surface area contributed by atoms with Crippen LogP contribution in [0.2, 0.25) is 0 Å². The summed E-state index contributed by atoms with van der Waals surface area (Å²) >= 11 is 11.7. The van der Waals surface area contributed by atoms with Crippen molar-refractivity contribution in [3.05, 3.63) is 83.1 Å². The third-order valence-corrected chi connectivity index (χ3v) is 7.70. The van der Waals surface area contributed by atoms with Crippen LogP contribution in [0.5, 0.6) is 0 Å². The number of anilines is 2. The molecule has 4 rings (SSSR count). The van der Waals surface area contributed by atoms with Crippen molar-refractivity contribution in [1.29, 1.82) is 5.41 Å². The molecule has 11 heteroatoms. The topological polar surface area (TPSA) is 85.6 Å². The molecule has 1 amide bonds. The smallest absolute Gasteiger partial charge is 0.372 e. The summed E-state index contributed by atoms with van der Waals surface area (Å²) in [5.74, 6) is -3.85. The molecule has 2 aromatic rings. The summed E-state index contributed by atoms with van der Waals surface area (Å²) < 4.78 is 40.0. The maximum Gasteiger partial charge on any atom is 0.396 e. The van der Waals surface area contributed by atoms with Crippen LogP contribution in [-0.4, -0.2) is 48.8 Å². The molecular formula is C30H29Cl2F3N4O2. The Balaban J connectivity index is 1.64. The number of amides is 1. The second kappa shape index (κ2) is 13.5. The molecule has 2 aliphatic rings. The van der Waals surface area contributed by atoms with Gasteiger partial charge in [-0.1, -0.05) is 18.2 Å². The van der Waals surface area contributed by atoms with Gasteiger partial charge in [-0.2, -0.15) is 13.2 Å². The number of carbonyl (C=O) groups is 2. The molecule has 3 unspecified atom stereocenters. The van der Waals surface area contributed by atoms with Gasteiger partial charge in [0.2, 0.25) is 0 Å². The van der Waals surface area contributed by atoms with Gasteiger partial charge >= 0.3 is 6.18 Å². The van der Waals surface area contributed by atoms with Gasteiger partial charge in [0, 0.05) is 48.2 Å². The van der Waals surface area contributed by atoms with Crippen LogP contribution in [0.3, 0.4) is 0 Å². The van der Waals surface area contributed by atoms with Gasteiger partial charge in [0.15, 0.2) is 5.78 Å². The Kier molecular flexibility index (Phi) is 10.0. The highest BCUT2D eigenvalue weighted by atomic mass is 35.5. The van der Waals surface area contributed by atoms with E-state index < -0.39 is 35.1 Å². The standard InChI is InChI=1S/C30H29Cl2F3N4O2/c31-16-19-5-4-6-20(13-19)29(41)38-27-10-8-23(39-11-2-1-3-12-39)15-24(27)28(40)21(17-36)18-37-22-7-9-26(32)25(14-22)30(33,34)35/h4-10,13-15,17-18,21,25-26,36H,1-3,11-12,16H2,(H,38,41). The Hall–Kier alpha value is -3.43. The molecule has 41 heavy (non-hydrogen) atoms. The van der Waals surface area contributed by atoms with Crippen LogP contribution in [0.1, 0.15) is 45.5 Å². The Morgan fingerprint density at radius 2 is 1.90 bits per heavy atom. The van der Waals surface area contributed by atoms with Gasteiger partial charge in [0.25, 0.3) is 5.91 Å². The molecule has 3 atom stereocenters. The molecule has 0 radical (unpaired) electrons. The van der Waals surface area contributed by atoms with E-state index in [-0.39, 0.29) is 22.8 Å². The van der Waals surface area contributed by atoms with Gasteiger partial charge in [-0.25, -0.2) is 0 Å². The highest BCUT2D eigenvalue weighted by Gasteiger charge is 2.43. The third-order valence-electron chi connectivity index (χ3n) is 6.97. The van der Waals surface area contributed by atoms with Crippen molar-refractivity contribution in [1.82, 2.24) is 0 Å². The monoisotopic (exact) mass is 604 g/mol. The first-order chi connectivity index (χ1) is 19.6. The van der Waals surface area contributed by atoms with E-state index in [9.17, 15) is 22.8 Å². The fraction of sp³-hybridized carbons (Fsp3) is 0.333. The molecule has 0 aromatic heterocycles. The van der Waals surface area contributed by atoms with E-state index in [0.29, 0.717) is 5.56 Å². The summed E-state index contributed by atoms with van der Waals surface area (Å²) in [6.07, 6.45) is 4.04. The summed E-state index contributed by atoms with van der Waals surface area (Å²) in [7, 11) is 0. The molecule has 2 N–H and O–H groups in total. The van der Waals surface area contributed by atoms with E-state index in [1.807, 2.05) is 6.07 Å². The lowest BCUT2D eigenvalue weighted by atomic mass is 9.96. The molecule has 1 aliphatic carbocycles. The van der Waals surface area contributed by atoms with Crippen LogP contribution in [0.25, 0.3) is 0 Å². The number of nitrogens with one attached hydrogen (secondary N) is 2. The Labute approximate surface area is 246 Å². The molecule has 216 valence electrons. The zero-order valence-corrected chi connectivity index (χ0v) is 23.5. The predicted octanol–water partition coefficient (Wildman–Crippen LogP) is 7.43. The Bertz CT molecular complexity index is 1380. The number of rotatable bonds is 9. The lowest BCUT2D eigenvalue weighted by Gasteiger charge is -2.29. The number of Topliss-reactive ketones (excluding diaryl/α,β-unsaturated/α-hetero) is 1. The highest BCUT2D eigenvalue weighted by molar-refractivity contribution is 6.22. The van der Waals surface area contributed by atoms with Gasteiger partial charge in [-0.3, -0.25) is 14.6 Å². The number of alkyl halides is 5. The quantitative estimate of drug-likeness (QED) is 0.177. The van der Waals surface area contributed by atoms with E-state index in [2.05, 4.69) is 15.2 Å². The minimum Gasteiger partial charge on any atom is -0.372 e. The first kappa shape index (κ1) is 30.5. The minimum absolute atomic E-state index is 0.0151. The first-order valence-corrected chi connectivity index (χ1v) is 14.1. The number of piperidine rings is 1. The number of nitrogens with zero attached hydrogens (tertiary/aromatic N) is 2. The zero-order valence-electron chi connectivity index (χ0n) is 22.0. The molecule has 0 saturated carbocycles. The second-order valence-electron chi connectivity index (χ2n) is 9.86. The summed E-state index contributed by atoms with van der Waals surface area (Å²) in [6.45, 7) is 1.64. The number of halogens is 5. The van der Waals surface area contributed by atoms with Crippen molar-refractivity contribution in [2.45, 2.75) is 36.7 Å². The number of carbonyl (C=O) groups excluding carboxylic acids is 2. The number of hydrogen-bond acceptors (Lipinski definition) is 5. The van der Waals surface area contributed by atoms with E-state index in [1.165, 1.54) is 12.2 Å². The molecule has 1 heterocycles. The van der Waals surface area contributed by atoms with E-state index >= 15 is 0 Å². The fourth-order valence-corrected chi connectivity index (χ4v) is 5.17. The summed E-state index contributed by atoms with van der Waals surface area (Å²) in [4.78, 5) is 33.0. The molecule has 1 aliphatic heterocycles. The number of aliphatic imine (C=N–C) groups is 1. The zero-order chi connectivity index (χ0) is 29.6. The maximum atomic E-state index is 13.7. The van der Waals surface area contributed by atoms with Gasteiger partial charge in [0.1, 0.15) is 0 Å². The van der Waals surface area contributed by atoms with Gasteiger partial charge in [-0.05, 0) is 67.3 Å². The van der Waals surface area contributed by atoms with Crippen LogP contribution in [0.15, 0.2) is 71.4 Å². The second-order valence-corrected chi connectivity index (χ2v) is 10.6. The normalized spacial score (nSPS) is 20.0. The average Bonchev–Trinajstić information content (AvgIpc) is 2.98. The van der Waals surface area contributed by atoms with Crippen LogP contribution >= 0.6 is 23.2 Å². The number of hydrogen-bond donors (Lipinski definition) is 2. The lowest BCUT2D eigenvalue weighted by Crippen LogP contribution is -2.30. The van der Waals surface area contributed by atoms with Crippen molar-refractivity contribution in [2.24, 2.45) is 16.8 Å². The van der Waals surface area contributed by atoms with Crippen LogP contribution < -0.4 is 10.2 Å². The van der Waals surface area contributed by atoms with Crippen molar-refractivity contribution in [3.63, 3.8) is 0 Å². The SMILES string of the molecule is N=CC(C=NC1=CC(C(F)(F)F)C(Cl)C=C1)C(=O)c1cc(N2CCCCC2)ccc1NC(=O)c1cccc(CCl)c1. The molecule has 0 bridgehead atoms. The van der Waals surface area contributed by atoms with Crippen LogP contribution in [-0.2, 0) is 5.88 Å². The predicted molar refractivity (Wildman–Crippen MR) is 158 cm³/mol. The summed E-state index contributed by atoms with van der Waals surface area (Å²) in [6, 6.07) is 12.0. The van der Waals surface area contributed by atoms with E-state index in [0.717, 1.165) is 62.1 Å². The number of ketones is 1. The largest absolute Gasteiger partial charge is 0.396 e. The highest BCUT2D eigenvalue weighted by Crippen LogP contribution is 2.36. The average molecular weight is 605 g/mol. The molecular weight excluding hydrogens is 576 g/mol. The Morgan fingerprint density at radius 3 is 2.59 bits per heavy atom. The van der Waals surface area contributed by atoms with Crippen molar-refractivity contribution in [2.75, 3.05) is 23.3 Å². The van der Waals surface area contributed by atoms with E-state index in [4.69, 9.17) is 28.6 Å². The van der Waals surface area contributed by atoms with Gasteiger partial charge < -0.3 is 15.6 Å². The maximum absolute atomic E-state index is 13.7. The molecule has 6 nitrogen and oxygen atoms in total. The van der Waals surface area contributed by atoms with Gasteiger partial charge in [0.05, 0.1) is 28.6 Å². The molecule has 0 spiro atoms. The molecule has 2 aromatic carbocycles. The van der Waals surface area contributed by atoms with Gasteiger partial charge in [-0.15, -0.1) is 23.2 Å². The van der Waals surface area contributed by atoms with Crippen molar-refractivity contribution in [3.8, 4) is 0 Å². The third kappa shape index (κ3) is 7.65.